The third-order valence-electron chi connectivity index (χ3n) is 5.17. The van der Waals surface area contributed by atoms with Crippen LogP contribution in [0, 0.1) is 0 Å². The fourth-order valence-corrected chi connectivity index (χ4v) is 4.75. The van der Waals surface area contributed by atoms with Gasteiger partial charge in [-0.2, -0.15) is 0 Å². The molecule has 3 aromatic carbocycles. The van der Waals surface area contributed by atoms with Crippen LogP contribution in [0.4, 0.5) is 0 Å². The summed E-state index contributed by atoms with van der Waals surface area (Å²) in [7, 11) is 0. The van der Waals surface area contributed by atoms with Crippen LogP contribution >= 0.6 is 23.4 Å². The molecule has 5 aromatic rings. The molecule has 0 amide bonds. The van der Waals surface area contributed by atoms with Crippen LogP contribution in [0.2, 0.25) is 5.02 Å². The highest BCUT2D eigenvalue weighted by molar-refractivity contribution is 7.98. The van der Waals surface area contributed by atoms with E-state index in [2.05, 4.69) is 22.3 Å². The lowest BCUT2D eigenvalue weighted by Gasteiger charge is -2.11. The molecule has 0 aliphatic carbocycles. The minimum absolute atomic E-state index is 0.133. The second-order valence-electron chi connectivity index (χ2n) is 7.41. The Labute approximate surface area is 198 Å². The number of fused-ring (bicyclic) bond motifs is 1. The Morgan fingerprint density at radius 3 is 2.45 bits per heavy atom. The Morgan fingerprint density at radius 1 is 0.970 bits per heavy atom. The van der Waals surface area contributed by atoms with Gasteiger partial charge in [0.1, 0.15) is 17.2 Å². The minimum atomic E-state index is -0.492. The van der Waals surface area contributed by atoms with Crippen LogP contribution in [0.1, 0.15) is 17.0 Å². The number of hydrogen-bond acceptors (Lipinski definition) is 6. The number of phenolic OH excluding ortho intramolecular Hbond substituents is 1. The van der Waals surface area contributed by atoms with E-state index in [1.165, 1.54) is 23.9 Å². The maximum absolute atomic E-state index is 12.1. The van der Waals surface area contributed by atoms with Gasteiger partial charge in [0, 0.05) is 35.4 Å². The van der Waals surface area contributed by atoms with E-state index in [-0.39, 0.29) is 16.4 Å². The van der Waals surface area contributed by atoms with Crippen molar-refractivity contribution in [2.75, 3.05) is 0 Å². The van der Waals surface area contributed by atoms with Crippen molar-refractivity contribution >= 4 is 34.3 Å². The molecule has 33 heavy (non-hydrogen) atoms. The van der Waals surface area contributed by atoms with E-state index >= 15 is 0 Å². The van der Waals surface area contributed by atoms with E-state index in [4.69, 9.17) is 16.0 Å². The summed E-state index contributed by atoms with van der Waals surface area (Å²) >= 11 is 7.56. The number of benzene rings is 3. The van der Waals surface area contributed by atoms with Crippen molar-refractivity contribution in [1.29, 1.82) is 0 Å². The van der Waals surface area contributed by atoms with Gasteiger partial charge < -0.3 is 9.52 Å². The predicted molar refractivity (Wildman–Crippen MR) is 129 cm³/mol. The van der Waals surface area contributed by atoms with E-state index in [1.807, 2.05) is 53.1 Å². The van der Waals surface area contributed by atoms with Crippen LogP contribution in [0.5, 0.6) is 5.75 Å². The number of phenols is 1. The van der Waals surface area contributed by atoms with Gasteiger partial charge in [-0.15, -0.1) is 10.2 Å². The summed E-state index contributed by atoms with van der Waals surface area (Å²) < 4.78 is 7.27. The molecular formula is C25H18ClN3O3S. The van der Waals surface area contributed by atoms with Gasteiger partial charge >= 0.3 is 5.63 Å². The number of para-hydroxylation sites is 1. The molecule has 0 unspecified atom stereocenters. The van der Waals surface area contributed by atoms with E-state index in [1.54, 1.807) is 6.07 Å². The first-order chi connectivity index (χ1) is 16.1. The lowest BCUT2D eigenvalue weighted by atomic mass is 10.1. The van der Waals surface area contributed by atoms with Crippen LogP contribution in [-0.4, -0.2) is 19.9 Å². The standard InChI is InChI=1S/C25H18ClN3O3S/c26-20-13-19-17(12-24(31)32-22(19)14-21(20)30)15-33-25-28-27-23(11-16-7-3-1-4-8-16)29(25)18-9-5-2-6-10-18/h1-10,12-14,30H,11,15H2. The van der Waals surface area contributed by atoms with Crippen molar-refractivity contribution in [1.82, 2.24) is 14.8 Å². The minimum Gasteiger partial charge on any atom is -0.506 e. The van der Waals surface area contributed by atoms with Gasteiger partial charge in [-0.05, 0) is 29.3 Å². The number of aromatic hydroxyl groups is 1. The van der Waals surface area contributed by atoms with Gasteiger partial charge in [-0.25, -0.2) is 4.79 Å². The summed E-state index contributed by atoms with van der Waals surface area (Å²) in [5.74, 6) is 1.13. The highest BCUT2D eigenvalue weighted by atomic mass is 35.5. The van der Waals surface area contributed by atoms with Crippen molar-refractivity contribution in [3.8, 4) is 11.4 Å². The van der Waals surface area contributed by atoms with Gasteiger partial charge in [0.2, 0.25) is 0 Å². The number of thioether (sulfide) groups is 1. The summed E-state index contributed by atoms with van der Waals surface area (Å²) in [4.78, 5) is 12.1. The van der Waals surface area contributed by atoms with E-state index in [0.717, 1.165) is 22.6 Å². The number of rotatable bonds is 6. The Morgan fingerprint density at radius 2 is 1.70 bits per heavy atom. The van der Waals surface area contributed by atoms with Gasteiger partial charge in [-0.1, -0.05) is 71.9 Å². The highest BCUT2D eigenvalue weighted by Gasteiger charge is 2.17. The maximum atomic E-state index is 12.1. The first-order valence-electron chi connectivity index (χ1n) is 10.2. The molecule has 2 heterocycles. The second kappa shape index (κ2) is 9.13. The normalized spacial score (nSPS) is 11.2. The van der Waals surface area contributed by atoms with Crippen LogP contribution in [0.3, 0.4) is 0 Å². The molecule has 0 saturated carbocycles. The molecule has 0 saturated heterocycles. The Hall–Kier alpha value is -3.55. The zero-order valence-electron chi connectivity index (χ0n) is 17.3. The number of halogens is 1. The fourth-order valence-electron chi connectivity index (χ4n) is 3.62. The fraction of sp³-hybridized carbons (Fsp3) is 0.0800. The molecule has 0 fully saturated rings. The summed E-state index contributed by atoms with van der Waals surface area (Å²) in [6, 6.07) is 24.5. The van der Waals surface area contributed by atoms with E-state index in [0.29, 0.717) is 22.7 Å². The molecule has 0 spiro atoms. The second-order valence-corrected chi connectivity index (χ2v) is 8.76. The third kappa shape index (κ3) is 4.51. The summed E-state index contributed by atoms with van der Waals surface area (Å²) in [6.45, 7) is 0. The average molecular weight is 476 g/mol. The van der Waals surface area contributed by atoms with Crippen molar-refractivity contribution in [2.45, 2.75) is 17.3 Å². The smallest absolute Gasteiger partial charge is 0.336 e. The van der Waals surface area contributed by atoms with Crippen molar-refractivity contribution in [2.24, 2.45) is 0 Å². The number of nitrogens with zero attached hydrogens (tertiary/aromatic N) is 3. The zero-order chi connectivity index (χ0) is 22.8. The van der Waals surface area contributed by atoms with Gasteiger partial charge in [-0.3, -0.25) is 4.57 Å². The molecule has 164 valence electrons. The van der Waals surface area contributed by atoms with Crippen molar-refractivity contribution in [3.63, 3.8) is 0 Å². The zero-order valence-corrected chi connectivity index (χ0v) is 18.9. The van der Waals surface area contributed by atoms with Crippen LogP contribution in [0.15, 0.2) is 93.2 Å². The highest BCUT2D eigenvalue weighted by Crippen LogP contribution is 2.33. The van der Waals surface area contributed by atoms with Crippen molar-refractivity contribution < 1.29 is 9.52 Å². The molecule has 0 radical (unpaired) electrons. The Kier molecular flexibility index (Phi) is 5.90. The lowest BCUT2D eigenvalue weighted by molar-refractivity contribution is 0.473. The number of hydrogen-bond donors (Lipinski definition) is 1. The van der Waals surface area contributed by atoms with Gasteiger partial charge in [0.25, 0.3) is 0 Å². The van der Waals surface area contributed by atoms with E-state index in [9.17, 15) is 9.90 Å². The molecule has 5 rings (SSSR count). The lowest BCUT2D eigenvalue weighted by Crippen LogP contribution is -2.04. The molecular weight excluding hydrogens is 458 g/mol. The third-order valence-corrected chi connectivity index (χ3v) is 6.45. The molecule has 2 aromatic heterocycles. The first kappa shape index (κ1) is 21.3. The monoisotopic (exact) mass is 475 g/mol. The summed E-state index contributed by atoms with van der Waals surface area (Å²) in [5.41, 5.74) is 2.63. The van der Waals surface area contributed by atoms with Gasteiger partial charge in [0.15, 0.2) is 5.16 Å². The molecule has 0 aliphatic rings. The molecule has 1 N–H and O–H groups in total. The quantitative estimate of drug-likeness (QED) is 0.254. The predicted octanol–water partition coefficient (Wildman–Crippen LogP) is 5.62. The largest absolute Gasteiger partial charge is 0.506 e. The van der Waals surface area contributed by atoms with Crippen LogP contribution in [-0.2, 0) is 12.2 Å². The average Bonchev–Trinajstić information content (AvgIpc) is 3.22. The van der Waals surface area contributed by atoms with Crippen LogP contribution in [0.25, 0.3) is 16.7 Å². The molecule has 0 atom stereocenters. The van der Waals surface area contributed by atoms with Crippen LogP contribution < -0.4 is 5.63 Å². The Balaban J connectivity index is 1.52. The van der Waals surface area contributed by atoms with Gasteiger partial charge in [0.05, 0.1) is 5.02 Å². The maximum Gasteiger partial charge on any atom is 0.336 e. The SMILES string of the molecule is O=c1cc(CSc2nnc(Cc3ccccc3)n2-c2ccccc2)c2cc(Cl)c(O)cc2o1. The molecule has 0 aliphatic heterocycles. The summed E-state index contributed by atoms with van der Waals surface area (Å²) in [5, 5.41) is 20.4. The Bertz CT molecular complexity index is 1480. The molecule has 0 bridgehead atoms. The molecule has 8 heteroatoms. The van der Waals surface area contributed by atoms with Crippen molar-refractivity contribution in [3.05, 3.63) is 111 Å². The summed E-state index contributed by atoms with van der Waals surface area (Å²) in [6.07, 6.45) is 0.635. The topological polar surface area (TPSA) is 81.2 Å². The molecule has 6 nitrogen and oxygen atoms in total. The number of aromatic nitrogens is 3. The van der Waals surface area contributed by atoms with E-state index < -0.39 is 5.63 Å². The first-order valence-corrected chi connectivity index (χ1v) is 11.6.